The summed E-state index contributed by atoms with van der Waals surface area (Å²) >= 11 is 3.59. The van der Waals surface area contributed by atoms with E-state index in [-0.39, 0.29) is 6.04 Å². The quantitative estimate of drug-likeness (QED) is 0.433. The van der Waals surface area contributed by atoms with Crippen LogP contribution < -0.4 is 9.64 Å². The summed E-state index contributed by atoms with van der Waals surface area (Å²) in [6.45, 7) is 5.64. The molecule has 4 rings (SSSR count). The minimum Gasteiger partial charge on any atom is -0.487 e. The molecule has 136 valence electrons. The normalized spacial score (nSPS) is 13.9. The molecule has 0 aromatic heterocycles. The highest BCUT2D eigenvalue weighted by Gasteiger charge is 2.28. The topological polar surface area (TPSA) is 12.5 Å². The van der Waals surface area contributed by atoms with E-state index in [0.29, 0.717) is 6.61 Å². The summed E-state index contributed by atoms with van der Waals surface area (Å²) in [5.74, 6) is 0.940. The molecule has 1 aliphatic heterocycles. The van der Waals surface area contributed by atoms with Crippen LogP contribution in [0.15, 0.2) is 89.9 Å². The van der Waals surface area contributed by atoms with Gasteiger partial charge in [0.25, 0.3) is 0 Å². The van der Waals surface area contributed by atoms with E-state index in [2.05, 4.69) is 82.0 Å². The zero-order chi connectivity index (χ0) is 18.6. The van der Waals surface area contributed by atoms with E-state index < -0.39 is 0 Å². The van der Waals surface area contributed by atoms with Crippen molar-refractivity contribution >= 4 is 21.6 Å². The predicted octanol–water partition coefficient (Wildman–Crippen LogP) is 6.32. The summed E-state index contributed by atoms with van der Waals surface area (Å²) in [6, 6.07) is 25.2. The van der Waals surface area contributed by atoms with Gasteiger partial charge in [-0.3, -0.25) is 0 Å². The van der Waals surface area contributed by atoms with Gasteiger partial charge in [-0.2, -0.15) is 0 Å². The number of ether oxygens (including phenoxy) is 1. The number of para-hydroxylation sites is 1. The van der Waals surface area contributed by atoms with Crippen molar-refractivity contribution in [3.05, 3.63) is 107 Å². The van der Waals surface area contributed by atoms with Gasteiger partial charge in [0.2, 0.25) is 0 Å². The lowest BCUT2D eigenvalue weighted by atomic mass is 10.0. The van der Waals surface area contributed by atoms with Crippen molar-refractivity contribution in [1.29, 1.82) is 0 Å². The lowest BCUT2D eigenvalue weighted by Crippen LogP contribution is -2.25. The third-order valence-electron chi connectivity index (χ3n) is 4.98. The van der Waals surface area contributed by atoms with Crippen LogP contribution in [0.1, 0.15) is 22.7 Å². The van der Waals surface area contributed by atoms with Crippen LogP contribution in [-0.4, -0.2) is 6.54 Å². The first kappa shape index (κ1) is 17.9. The molecule has 3 aromatic rings. The Hall–Kier alpha value is -2.52. The average molecular weight is 420 g/mol. The van der Waals surface area contributed by atoms with Crippen molar-refractivity contribution in [3.8, 4) is 5.75 Å². The van der Waals surface area contributed by atoms with Crippen molar-refractivity contribution in [2.45, 2.75) is 19.1 Å². The molecule has 0 spiro atoms. The van der Waals surface area contributed by atoms with Crippen molar-refractivity contribution in [1.82, 2.24) is 0 Å². The minimum atomic E-state index is 0.116. The summed E-state index contributed by atoms with van der Waals surface area (Å²) in [4.78, 5) is 2.41. The number of hydrogen-bond acceptors (Lipinski definition) is 2. The van der Waals surface area contributed by atoms with Gasteiger partial charge in [-0.15, -0.1) is 6.58 Å². The molecule has 3 heteroatoms. The standard InChI is InChI=1S/C24H22BrNO/c1-2-22(20-11-6-12-21(25)16-20)26-15-14-19-10-7-13-23(24(19)26)27-17-18-8-4-3-5-9-18/h2-13,16,22H,1,14-15,17H2/t22-/m0/s1. The summed E-state index contributed by atoms with van der Waals surface area (Å²) in [6.07, 6.45) is 3.04. The van der Waals surface area contributed by atoms with Crippen molar-refractivity contribution in [3.63, 3.8) is 0 Å². The van der Waals surface area contributed by atoms with E-state index in [1.54, 1.807) is 0 Å². The second kappa shape index (κ2) is 8.01. The highest BCUT2D eigenvalue weighted by molar-refractivity contribution is 9.10. The minimum absolute atomic E-state index is 0.116. The molecule has 0 saturated carbocycles. The smallest absolute Gasteiger partial charge is 0.143 e. The Labute approximate surface area is 169 Å². The van der Waals surface area contributed by atoms with Gasteiger partial charge < -0.3 is 9.64 Å². The Morgan fingerprint density at radius 1 is 1.04 bits per heavy atom. The number of rotatable bonds is 6. The maximum Gasteiger partial charge on any atom is 0.143 e. The first-order chi connectivity index (χ1) is 13.3. The molecule has 1 aliphatic rings. The molecule has 0 saturated heterocycles. The first-order valence-corrected chi connectivity index (χ1v) is 9.99. The van der Waals surface area contributed by atoms with Crippen molar-refractivity contribution in [2.24, 2.45) is 0 Å². The molecule has 0 aliphatic carbocycles. The van der Waals surface area contributed by atoms with Crippen LogP contribution in [0.3, 0.4) is 0 Å². The lowest BCUT2D eigenvalue weighted by Gasteiger charge is -2.30. The van der Waals surface area contributed by atoms with Gasteiger partial charge >= 0.3 is 0 Å². The number of nitrogens with zero attached hydrogens (tertiary/aromatic N) is 1. The van der Waals surface area contributed by atoms with Crippen molar-refractivity contribution in [2.75, 3.05) is 11.4 Å². The number of halogens is 1. The van der Waals surface area contributed by atoms with Crippen LogP contribution >= 0.6 is 15.9 Å². The molecular formula is C24H22BrNO. The molecule has 0 N–H and O–H groups in total. The number of fused-ring (bicyclic) bond motifs is 1. The molecule has 2 nitrogen and oxygen atoms in total. The summed E-state index contributed by atoms with van der Waals surface area (Å²) in [7, 11) is 0. The molecule has 0 amide bonds. The Morgan fingerprint density at radius 2 is 1.85 bits per heavy atom. The highest BCUT2D eigenvalue weighted by Crippen LogP contribution is 2.42. The molecule has 1 atom stereocenters. The van der Waals surface area contributed by atoms with E-state index >= 15 is 0 Å². The molecule has 0 radical (unpaired) electrons. The van der Waals surface area contributed by atoms with Crippen LogP contribution in [0.2, 0.25) is 0 Å². The fourth-order valence-corrected chi connectivity index (χ4v) is 4.13. The zero-order valence-electron chi connectivity index (χ0n) is 15.1. The molecule has 0 bridgehead atoms. The zero-order valence-corrected chi connectivity index (χ0v) is 16.7. The van der Waals surface area contributed by atoms with Crippen molar-refractivity contribution < 1.29 is 4.74 Å². The van der Waals surface area contributed by atoms with Gasteiger partial charge in [0.15, 0.2) is 0 Å². The van der Waals surface area contributed by atoms with Crippen LogP contribution in [0.25, 0.3) is 0 Å². The van der Waals surface area contributed by atoms with E-state index in [9.17, 15) is 0 Å². The third-order valence-corrected chi connectivity index (χ3v) is 5.47. The average Bonchev–Trinajstić information content (AvgIpc) is 3.12. The van der Waals surface area contributed by atoms with Gasteiger partial charge in [0.05, 0.1) is 11.7 Å². The second-order valence-electron chi connectivity index (χ2n) is 6.72. The summed E-state index contributed by atoms with van der Waals surface area (Å²) in [5, 5.41) is 0. The molecule has 0 unspecified atom stereocenters. The monoisotopic (exact) mass is 419 g/mol. The van der Waals surface area contributed by atoms with Crippen LogP contribution in [0.5, 0.6) is 5.75 Å². The Kier molecular flexibility index (Phi) is 5.30. The van der Waals surface area contributed by atoms with Gasteiger partial charge in [-0.1, -0.05) is 76.6 Å². The predicted molar refractivity (Wildman–Crippen MR) is 115 cm³/mol. The molecule has 27 heavy (non-hydrogen) atoms. The third kappa shape index (κ3) is 3.79. The molecule has 3 aromatic carbocycles. The fraction of sp³-hybridized carbons (Fsp3) is 0.167. The second-order valence-corrected chi connectivity index (χ2v) is 7.63. The van der Waals surface area contributed by atoms with Gasteiger partial charge in [-0.05, 0) is 41.3 Å². The van der Waals surface area contributed by atoms with Crippen LogP contribution in [-0.2, 0) is 13.0 Å². The Morgan fingerprint density at radius 3 is 2.63 bits per heavy atom. The number of anilines is 1. The van der Waals surface area contributed by atoms with E-state index in [1.165, 1.54) is 22.4 Å². The largest absolute Gasteiger partial charge is 0.487 e. The Bertz CT molecular complexity index is 938. The van der Waals surface area contributed by atoms with Crippen LogP contribution in [0, 0.1) is 0 Å². The number of benzene rings is 3. The van der Waals surface area contributed by atoms with Crippen LogP contribution in [0.4, 0.5) is 5.69 Å². The molecule has 1 heterocycles. The highest BCUT2D eigenvalue weighted by atomic mass is 79.9. The first-order valence-electron chi connectivity index (χ1n) is 9.19. The van der Waals surface area contributed by atoms with Gasteiger partial charge in [0.1, 0.15) is 12.4 Å². The number of hydrogen-bond donors (Lipinski definition) is 0. The maximum absolute atomic E-state index is 6.23. The lowest BCUT2D eigenvalue weighted by molar-refractivity contribution is 0.306. The van der Waals surface area contributed by atoms with Gasteiger partial charge in [0, 0.05) is 11.0 Å². The Balaban J connectivity index is 1.64. The maximum atomic E-state index is 6.23. The summed E-state index contributed by atoms with van der Waals surface area (Å²) < 4.78 is 7.32. The summed E-state index contributed by atoms with van der Waals surface area (Å²) in [5.41, 5.74) is 4.93. The van der Waals surface area contributed by atoms with Gasteiger partial charge in [-0.25, -0.2) is 0 Å². The van der Waals surface area contributed by atoms with E-state index in [1.807, 2.05) is 24.3 Å². The SMILES string of the molecule is C=C[C@@H](c1cccc(Br)c1)N1CCc2cccc(OCc3ccccc3)c21. The molecular weight excluding hydrogens is 398 g/mol. The van der Waals surface area contributed by atoms with E-state index in [0.717, 1.165) is 23.2 Å². The van der Waals surface area contributed by atoms with E-state index in [4.69, 9.17) is 4.74 Å². The fourth-order valence-electron chi connectivity index (χ4n) is 3.71. The molecule has 0 fully saturated rings.